The molecule has 10 heteroatoms. The molecule has 2 N–H and O–H groups in total. The minimum absolute atomic E-state index is 0.107. The molecule has 0 atom stereocenters. The fourth-order valence-corrected chi connectivity index (χ4v) is 3.10. The summed E-state index contributed by atoms with van der Waals surface area (Å²) in [6.07, 6.45) is 1.68. The Morgan fingerprint density at radius 1 is 0.886 bits per heavy atom. The number of hydrogen-bond donors (Lipinski definition) is 2. The number of carbonyl (C=O) groups excluding carboxylic acids is 3. The van der Waals surface area contributed by atoms with Crippen molar-refractivity contribution in [2.45, 2.75) is 6.61 Å². The largest absolute Gasteiger partial charge is 0.486 e. The third kappa shape index (κ3) is 5.93. The van der Waals surface area contributed by atoms with Crippen molar-refractivity contribution >= 4 is 29.2 Å². The molecule has 10 nitrogen and oxygen atoms in total. The maximum Gasteiger partial charge on any atom is 0.337 e. The van der Waals surface area contributed by atoms with Gasteiger partial charge in [0.1, 0.15) is 18.1 Å². The molecule has 2 aromatic carbocycles. The van der Waals surface area contributed by atoms with Crippen LogP contribution < -0.4 is 15.4 Å². The van der Waals surface area contributed by atoms with Crippen molar-refractivity contribution in [2.24, 2.45) is 7.05 Å². The highest BCUT2D eigenvalue weighted by Crippen LogP contribution is 2.18. The number of amides is 2. The van der Waals surface area contributed by atoms with E-state index in [4.69, 9.17) is 9.15 Å². The first-order valence-corrected chi connectivity index (χ1v) is 10.5. The Hall–Kier alpha value is -4.86. The van der Waals surface area contributed by atoms with E-state index in [1.807, 2.05) is 0 Å². The van der Waals surface area contributed by atoms with E-state index in [1.165, 1.54) is 7.11 Å². The van der Waals surface area contributed by atoms with Crippen LogP contribution in [0.5, 0.6) is 5.75 Å². The van der Waals surface area contributed by atoms with Gasteiger partial charge in [0, 0.05) is 24.6 Å². The summed E-state index contributed by atoms with van der Waals surface area (Å²) in [5.74, 6) is -0.0644. The molecule has 0 aliphatic heterocycles. The highest BCUT2D eigenvalue weighted by molar-refractivity contribution is 6.04. The number of rotatable bonds is 8. The van der Waals surface area contributed by atoms with Gasteiger partial charge in [-0.15, -0.1) is 0 Å². The summed E-state index contributed by atoms with van der Waals surface area (Å²) in [7, 11) is 3.05. The van der Waals surface area contributed by atoms with Crippen LogP contribution in [0.2, 0.25) is 0 Å². The molecule has 0 saturated carbocycles. The molecule has 0 aliphatic rings. The number of nitrogens with zero attached hydrogens (tertiary/aromatic N) is 2. The Morgan fingerprint density at radius 2 is 1.54 bits per heavy atom. The first-order valence-electron chi connectivity index (χ1n) is 10.5. The lowest BCUT2D eigenvalue weighted by Crippen LogP contribution is -2.13. The van der Waals surface area contributed by atoms with Crippen LogP contribution in [-0.2, 0) is 18.4 Å². The Balaban J connectivity index is 1.29. The van der Waals surface area contributed by atoms with Gasteiger partial charge >= 0.3 is 5.97 Å². The highest BCUT2D eigenvalue weighted by atomic mass is 16.5. The van der Waals surface area contributed by atoms with Crippen molar-refractivity contribution in [2.75, 3.05) is 17.7 Å². The van der Waals surface area contributed by atoms with Crippen LogP contribution in [0.3, 0.4) is 0 Å². The smallest absolute Gasteiger partial charge is 0.337 e. The summed E-state index contributed by atoms with van der Waals surface area (Å²) >= 11 is 0. The number of esters is 1. The second-order valence-electron chi connectivity index (χ2n) is 7.43. The topological polar surface area (TPSA) is 125 Å². The van der Waals surface area contributed by atoms with Crippen molar-refractivity contribution in [3.8, 4) is 5.75 Å². The zero-order chi connectivity index (χ0) is 24.8. The number of methoxy groups -OCH3 is 1. The number of benzene rings is 2. The third-order valence-electron chi connectivity index (χ3n) is 4.89. The summed E-state index contributed by atoms with van der Waals surface area (Å²) in [6, 6.07) is 18.0. The van der Waals surface area contributed by atoms with Gasteiger partial charge in [0.2, 0.25) is 0 Å². The first kappa shape index (κ1) is 23.3. The van der Waals surface area contributed by atoms with Crippen molar-refractivity contribution in [3.05, 3.63) is 95.7 Å². The number of furan rings is 1. The molecule has 0 fully saturated rings. The molecular formula is C25H22N4O6. The number of hydrogen-bond acceptors (Lipinski definition) is 7. The van der Waals surface area contributed by atoms with Gasteiger partial charge in [0.25, 0.3) is 11.8 Å². The lowest BCUT2D eigenvalue weighted by molar-refractivity contribution is 0.0600. The van der Waals surface area contributed by atoms with E-state index in [0.29, 0.717) is 34.1 Å². The third-order valence-corrected chi connectivity index (χ3v) is 4.89. The van der Waals surface area contributed by atoms with Crippen molar-refractivity contribution in [1.82, 2.24) is 9.78 Å². The summed E-state index contributed by atoms with van der Waals surface area (Å²) < 4.78 is 17.4. The number of nitrogens with one attached hydrogen (secondary N) is 2. The molecule has 178 valence electrons. The van der Waals surface area contributed by atoms with Gasteiger partial charge in [-0.05, 0) is 66.7 Å². The van der Waals surface area contributed by atoms with Gasteiger partial charge in [-0.3, -0.25) is 14.3 Å². The number of anilines is 2. The van der Waals surface area contributed by atoms with Gasteiger partial charge in [-0.2, -0.15) is 5.10 Å². The normalized spacial score (nSPS) is 10.5. The molecule has 0 radical (unpaired) electrons. The first-order chi connectivity index (χ1) is 16.9. The molecule has 2 heterocycles. The summed E-state index contributed by atoms with van der Waals surface area (Å²) in [6.45, 7) is 0.107. The lowest BCUT2D eigenvalue weighted by Gasteiger charge is -2.07. The second-order valence-corrected chi connectivity index (χ2v) is 7.43. The SMILES string of the molecule is COC(=O)c1ccc(OCc2ccc(C(=O)Nc3ccc(NC(=O)c4ccn(C)n4)cc3)o2)cc1. The molecule has 0 unspecified atom stereocenters. The molecule has 2 amide bonds. The van der Waals surface area contributed by atoms with Crippen LogP contribution in [0.1, 0.15) is 37.2 Å². The predicted molar refractivity (Wildman–Crippen MR) is 126 cm³/mol. The molecule has 0 saturated heterocycles. The Labute approximate surface area is 200 Å². The molecule has 4 rings (SSSR count). The molecule has 4 aromatic rings. The summed E-state index contributed by atoms with van der Waals surface area (Å²) in [5, 5.41) is 9.53. The quantitative estimate of drug-likeness (QED) is 0.371. The van der Waals surface area contributed by atoms with Crippen LogP contribution in [0.4, 0.5) is 11.4 Å². The van der Waals surface area contributed by atoms with Gasteiger partial charge in [0.05, 0.1) is 12.7 Å². The monoisotopic (exact) mass is 474 g/mol. The van der Waals surface area contributed by atoms with E-state index >= 15 is 0 Å². The zero-order valence-electron chi connectivity index (χ0n) is 19.0. The van der Waals surface area contributed by atoms with Crippen LogP contribution in [-0.4, -0.2) is 34.7 Å². The zero-order valence-corrected chi connectivity index (χ0v) is 19.0. The number of aryl methyl sites for hydroxylation is 1. The van der Waals surface area contributed by atoms with Crippen LogP contribution in [0, 0.1) is 0 Å². The molecule has 0 aliphatic carbocycles. The van der Waals surface area contributed by atoms with Crippen molar-refractivity contribution < 1.29 is 28.3 Å². The maximum atomic E-state index is 12.5. The second kappa shape index (κ2) is 10.4. The molecule has 0 bridgehead atoms. The van der Waals surface area contributed by atoms with E-state index in [1.54, 1.807) is 84.7 Å². The predicted octanol–water partition coefficient (Wildman–Crippen LogP) is 3.88. The summed E-state index contributed by atoms with van der Waals surface area (Å²) in [5.41, 5.74) is 1.82. The van der Waals surface area contributed by atoms with Gasteiger partial charge < -0.3 is 24.5 Å². The van der Waals surface area contributed by atoms with E-state index in [2.05, 4.69) is 20.5 Å². The van der Waals surface area contributed by atoms with Gasteiger partial charge in [-0.1, -0.05) is 0 Å². The van der Waals surface area contributed by atoms with Crippen LogP contribution >= 0.6 is 0 Å². The van der Waals surface area contributed by atoms with Crippen molar-refractivity contribution in [3.63, 3.8) is 0 Å². The fraction of sp³-hybridized carbons (Fsp3) is 0.120. The van der Waals surface area contributed by atoms with Gasteiger partial charge in [-0.25, -0.2) is 4.79 Å². The molecule has 2 aromatic heterocycles. The fourth-order valence-electron chi connectivity index (χ4n) is 3.10. The molecule has 35 heavy (non-hydrogen) atoms. The number of carbonyl (C=O) groups is 3. The van der Waals surface area contributed by atoms with E-state index < -0.39 is 11.9 Å². The maximum absolute atomic E-state index is 12.5. The minimum atomic E-state index is -0.429. The van der Waals surface area contributed by atoms with Gasteiger partial charge in [0.15, 0.2) is 11.5 Å². The highest BCUT2D eigenvalue weighted by Gasteiger charge is 2.13. The number of ether oxygens (including phenoxy) is 2. The number of aromatic nitrogens is 2. The molecule has 0 spiro atoms. The standard InChI is InChI=1S/C25H22N4O6/c1-29-14-13-21(28-29)23(30)26-17-5-7-18(8-6-17)27-24(31)22-12-11-20(35-22)15-34-19-9-3-16(4-10-19)25(32)33-2/h3-14H,15H2,1-2H3,(H,26,30)(H,27,31). The lowest BCUT2D eigenvalue weighted by atomic mass is 10.2. The average Bonchev–Trinajstić information content (AvgIpc) is 3.53. The average molecular weight is 474 g/mol. The molecular weight excluding hydrogens is 452 g/mol. The minimum Gasteiger partial charge on any atom is -0.486 e. The Morgan fingerprint density at radius 3 is 2.14 bits per heavy atom. The van der Waals surface area contributed by atoms with Crippen LogP contribution in [0.25, 0.3) is 0 Å². The van der Waals surface area contributed by atoms with E-state index in [-0.39, 0.29) is 18.3 Å². The van der Waals surface area contributed by atoms with Crippen LogP contribution in [0.15, 0.2) is 77.3 Å². The van der Waals surface area contributed by atoms with Crippen molar-refractivity contribution in [1.29, 1.82) is 0 Å². The summed E-state index contributed by atoms with van der Waals surface area (Å²) in [4.78, 5) is 36.2. The van der Waals surface area contributed by atoms with E-state index in [9.17, 15) is 14.4 Å². The Kier molecular flexibility index (Phi) is 6.91. The Bertz CT molecular complexity index is 1340. The van der Waals surface area contributed by atoms with E-state index in [0.717, 1.165) is 0 Å².